The number of methoxy groups -OCH3 is 1. The first-order chi connectivity index (χ1) is 15.0. The maximum atomic E-state index is 13.7. The summed E-state index contributed by atoms with van der Waals surface area (Å²) >= 11 is 1.43. The predicted molar refractivity (Wildman–Crippen MR) is 124 cm³/mol. The molecule has 31 heavy (non-hydrogen) atoms. The van der Waals surface area contributed by atoms with Crippen molar-refractivity contribution in [1.82, 2.24) is 9.55 Å². The van der Waals surface area contributed by atoms with Crippen LogP contribution in [0.5, 0.6) is 5.75 Å². The van der Waals surface area contributed by atoms with Crippen molar-refractivity contribution in [3.8, 4) is 16.9 Å². The first kappa shape index (κ1) is 20.8. The number of carbonyl (C=O) groups excluding carboxylic acids is 1. The summed E-state index contributed by atoms with van der Waals surface area (Å²) in [5, 5.41) is 2.47. The maximum absolute atomic E-state index is 13.7. The summed E-state index contributed by atoms with van der Waals surface area (Å²) < 4.78 is 6.70. The quantitative estimate of drug-likeness (QED) is 0.474. The van der Waals surface area contributed by atoms with E-state index in [9.17, 15) is 9.59 Å². The average Bonchev–Trinajstić information content (AvgIpc) is 3.21. The van der Waals surface area contributed by atoms with E-state index in [0.29, 0.717) is 28.9 Å². The number of benzene rings is 2. The minimum absolute atomic E-state index is 0.237. The topological polar surface area (TPSA) is 87.2 Å². The second-order valence-corrected chi connectivity index (χ2v) is 8.11. The van der Waals surface area contributed by atoms with E-state index in [2.05, 4.69) is 0 Å². The van der Waals surface area contributed by atoms with Gasteiger partial charge < -0.3 is 10.5 Å². The molecule has 2 N–H and O–H groups in total. The van der Waals surface area contributed by atoms with Crippen LogP contribution >= 0.6 is 11.3 Å². The molecule has 0 saturated carbocycles. The molecule has 0 saturated heterocycles. The number of nitrogens with two attached hydrogens (primary N) is 1. The molecule has 158 valence electrons. The summed E-state index contributed by atoms with van der Waals surface area (Å²) in [6.45, 7) is 1.84. The van der Waals surface area contributed by atoms with Crippen LogP contribution in [0.15, 0.2) is 64.8 Å². The molecule has 1 amide bonds. The summed E-state index contributed by atoms with van der Waals surface area (Å²) in [6, 6.07) is 16.5. The van der Waals surface area contributed by atoms with Gasteiger partial charge in [0.1, 0.15) is 22.4 Å². The van der Waals surface area contributed by atoms with Gasteiger partial charge in [-0.25, -0.2) is 4.98 Å². The first-order valence-corrected chi connectivity index (χ1v) is 10.9. The largest absolute Gasteiger partial charge is 0.497 e. The normalized spacial score (nSPS) is 12.1. The third-order valence-corrected chi connectivity index (χ3v) is 6.22. The summed E-state index contributed by atoms with van der Waals surface area (Å²) in [7, 11) is 1.61. The Morgan fingerprint density at radius 1 is 1.16 bits per heavy atom. The van der Waals surface area contributed by atoms with E-state index in [-0.39, 0.29) is 5.56 Å². The van der Waals surface area contributed by atoms with Crippen LogP contribution in [0.3, 0.4) is 0 Å². The second-order valence-electron chi connectivity index (χ2n) is 7.25. The maximum Gasteiger partial charge on any atom is 0.263 e. The van der Waals surface area contributed by atoms with Crippen molar-refractivity contribution in [3.05, 3.63) is 81.7 Å². The highest BCUT2D eigenvalue weighted by Crippen LogP contribution is 2.32. The van der Waals surface area contributed by atoms with Crippen LogP contribution in [0.2, 0.25) is 0 Å². The summed E-state index contributed by atoms with van der Waals surface area (Å²) in [4.78, 5) is 31.4. The summed E-state index contributed by atoms with van der Waals surface area (Å²) in [5.41, 5.74) is 8.16. The second kappa shape index (κ2) is 8.73. The van der Waals surface area contributed by atoms with Crippen LogP contribution < -0.4 is 16.0 Å². The smallest absolute Gasteiger partial charge is 0.263 e. The highest BCUT2D eigenvalue weighted by atomic mass is 32.1. The number of nitrogens with zero attached hydrogens (tertiary/aromatic N) is 2. The fourth-order valence-electron chi connectivity index (χ4n) is 3.76. The number of hydrogen-bond acceptors (Lipinski definition) is 5. The zero-order chi connectivity index (χ0) is 22.0. The average molecular weight is 434 g/mol. The number of carbonyl (C=O) groups is 1. The van der Waals surface area contributed by atoms with E-state index < -0.39 is 11.9 Å². The monoisotopic (exact) mass is 433 g/mol. The highest BCUT2D eigenvalue weighted by Gasteiger charge is 2.24. The van der Waals surface area contributed by atoms with Gasteiger partial charge in [-0.3, -0.25) is 14.2 Å². The van der Waals surface area contributed by atoms with E-state index in [4.69, 9.17) is 15.5 Å². The van der Waals surface area contributed by atoms with Crippen LogP contribution in [-0.4, -0.2) is 22.6 Å². The van der Waals surface area contributed by atoms with Gasteiger partial charge >= 0.3 is 0 Å². The minimum Gasteiger partial charge on any atom is -0.497 e. The summed E-state index contributed by atoms with van der Waals surface area (Å²) in [5.74, 6) is 0.729. The fraction of sp³-hybridized carbons (Fsp3) is 0.208. The number of primary amides is 1. The van der Waals surface area contributed by atoms with E-state index in [1.54, 1.807) is 7.11 Å². The zero-order valence-corrected chi connectivity index (χ0v) is 18.2. The zero-order valence-electron chi connectivity index (χ0n) is 17.4. The molecule has 4 rings (SSSR count). The molecule has 0 fully saturated rings. The number of aromatic nitrogens is 2. The number of hydrogen-bond donors (Lipinski definition) is 1. The highest BCUT2D eigenvalue weighted by molar-refractivity contribution is 7.17. The van der Waals surface area contributed by atoms with Gasteiger partial charge in [-0.1, -0.05) is 49.4 Å². The number of thiophene rings is 1. The van der Waals surface area contributed by atoms with Gasteiger partial charge in [0.15, 0.2) is 0 Å². The molecule has 0 aliphatic rings. The van der Waals surface area contributed by atoms with Crippen molar-refractivity contribution in [3.63, 3.8) is 0 Å². The number of ether oxygens (including phenoxy) is 1. The molecule has 0 bridgehead atoms. The Labute approximate surface area is 183 Å². The fourth-order valence-corrected chi connectivity index (χ4v) is 4.72. The van der Waals surface area contributed by atoms with Gasteiger partial charge in [-0.2, -0.15) is 0 Å². The summed E-state index contributed by atoms with van der Waals surface area (Å²) in [6.07, 6.45) is 0.806. The first-order valence-electron chi connectivity index (χ1n) is 10.0. The Morgan fingerprint density at radius 2 is 1.87 bits per heavy atom. The van der Waals surface area contributed by atoms with Gasteiger partial charge in [0.05, 0.1) is 12.5 Å². The van der Waals surface area contributed by atoms with Crippen molar-refractivity contribution in [2.24, 2.45) is 5.73 Å². The molecule has 0 aliphatic heterocycles. The van der Waals surface area contributed by atoms with Gasteiger partial charge in [0, 0.05) is 17.4 Å². The Morgan fingerprint density at radius 3 is 2.48 bits per heavy atom. The molecule has 1 atom stereocenters. The molecular weight excluding hydrogens is 410 g/mol. The lowest BCUT2D eigenvalue weighted by atomic mass is 10.1. The Balaban J connectivity index is 1.92. The number of amides is 1. The molecule has 2 aromatic carbocycles. The number of fused-ring (bicyclic) bond motifs is 1. The van der Waals surface area contributed by atoms with Crippen molar-refractivity contribution in [1.29, 1.82) is 0 Å². The molecule has 0 aliphatic carbocycles. The van der Waals surface area contributed by atoms with Gasteiger partial charge in [-0.15, -0.1) is 11.3 Å². The molecule has 2 heterocycles. The van der Waals surface area contributed by atoms with E-state index in [0.717, 1.165) is 22.4 Å². The van der Waals surface area contributed by atoms with Crippen molar-refractivity contribution < 1.29 is 9.53 Å². The molecule has 4 aromatic rings. The van der Waals surface area contributed by atoms with E-state index in [1.807, 2.05) is 66.9 Å². The van der Waals surface area contributed by atoms with Crippen molar-refractivity contribution in [2.75, 3.05) is 7.11 Å². The van der Waals surface area contributed by atoms with Gasteiger partial charge in [0.2, 0.25) is 5.91 Å². The van der Waals surface area contributed by atoms with Crippen molar-refractivity contribution >= 4 is 27.5 Å². The molecule has 0 radical (unpaired) electrons. The van der Waals surface area contributed by atoms with E-state index >= 15 is 0 Å². The van der Waals surface area contributed by atoms with Crippen molar-refractivity contribution in [2.45, 2.75) is 25.8 Å². The Bertz CT molecular complexity index is 1280. The standard InChI is InChI=1S/C24H23N3O3S/c1-3-19(22(25)28)27-20(13-15-9-11-17(30-2)12-10-15)26-23-21(24(27)29)18(14-31-23)16-7-5-4-6-8-16/h4-12,14,19H,3,13H2,1-2H3,(H2,25,28). The van der Waals surface area contributed by atoms with Crippen LogP contribution in [0.25, 0.3) is 21.3 Å². The van der Waals surface area contributed by atoms with Crippen LogP contribution in [-0.2, 0) is 11.2 Å². The lowest BCUT2D eigenvalue weighted by Crippen LogP contribution is -2.36. The predicted octanol–water partition coefficient (Wildman–Crippen LogP) is 4.16. The SMILES string of the molecule is CCC(C(N)=O)n1c(Cc2ccc(OC)cc2)nc2scc(-c3ccccc3)c2c1=O. The molecular formula is C24H23N3O3S. The number of rotatable bonds is 7. The minimum atomic E-state index is -0.763. The Kier molecular flexibility index (Phi) is 5.86. The van der Waals surface area contributed by atoms with Gasteiger partial charge in [0.25, 0.3) is 5.56 Å². The molecule has 1 unspecified atom stereocenters. The molecule has 2 aromatic heterocycles. The lowest BCUT2D eigenvalue weighted by molar-refractivity contribution is -0.121. The molecule has 6 nitrogen and oxygen atoms in total. The van der Waals surface area contributed by atoms with Crippen LogP contribution in [0, 0.1) is 0 Å². The third kappa shape index (κ3) is 3.96. The van der Waals surface area contributed by atoms with Gasteiger partial charge in [-0.05, 0) is 29.7 Å². The van der Waals surface area contributed by atoms with Crippen LogP contribution in [0.4, 0.5) is 0 Å². The van der Waals surface area contributed by atoms with Crippen LogP contribution in [0.1, 0.15) is 30.8 Å². The third-order valence-electron chi connectivity index (χ3n) is 5.35. The van der Waals surface area contributed by atoms with E-state index in [1.165, 1.54) is 15.9 Å². The molecule has 0 spiro atoms. The Hall–Kier alpha value is -3.45. The molecule has 7 heteroatoms. The lowest BCUT2D eigenvalue weighted by Gasteiger charge is -2.19.